The van der Waals surface area contributed by atoms with Crippen LogP contribution in [0.3, 0.4) is 0 Å². The highest BCUT2D eigenvalue weighted by Crippen LogP contribution is 2.12. The fourth-order valence-electron chi connectivity index (χ4n) is 2.24. The summed E-state index contributed by atoms with van der Waals surface area (Å²) in [5.74, 6) is 0.437. The molecule has 2 heterocycles. The summed E-state index contributed by atoms with van der Waals surface area (Å²) in [5, 5.41) is 2.97. The second kappa shape index (κ2) is 6.36. The van der Waals surface area contributed by atoms with Crippen LogP contribution in [-0.4, -0.2) is 47.9 Å². The van der Waals surface area contributed by atoms with Gasteiger partial charge in [0.05, 0.1) is 12.7 Å². The maximum absolute atomic E-state index is 12.1. The molecule has 1 fully saturated rings. The van der Waals surface area contributed by atoms with Crippen molar-refractivity contribution in [2.24, 2.45) is 0 Å². The van der Waals surface area contributed by atoms with Crippen molar-refractivity contribution in [1.82, 2.24) is 15.2 Å². The number of likely N-dealkylation sites (tertiary alicyclic amines) is 1. The van der Waals surface area contributed by atoms with Crippen molar-refractivity contribution in [2.45, 2.75) is 25.8 Å². The highest BCUT2D eigenvalue weighted by Gasteiger charge is 2.22. The van der Waals surface area contributed by atoms with Crippen molar-refractivity contribution in [3.05, 3.63) is 23.9 Å². The standard InChI is InChI=1S/C14H19N3O3/c1-10(18)17-7-5-12(6-8-17)16-14(19)11-3-4-13(20-2)15-9-11/h3-4,9,12H,5-8H2,1-2H3,(H,16,19). The van der Waals surface area contributed by atoms with Crippen LogP contribution >= 0.6 is 0 Å². The van der Waals surface area contributed by atoms with Crippen LogP contribution in [0.25, 0.3) is 0 Å². The molecule has 0 bridgehead atoms. The molecule has 0 aliphatic carbocycles. The van der Waals surface area contributed by atoms with Crippen molar-refractivity contribution in [2.75, 3.05) is 20.2 Å². The Morgan fingerprint density at radius 3 is 2.55 bits per heavy atom. The third kappa shape index (κ3) is 3.46. The largest absolute Gasteiger partial charge is 0.481 e. The normalized spacial score (nSPS) is 15.8. The fraction of sp³-hybridized carbons (Fsp3) is 0.500. The molecule has 0 saturated carbocycles. The van der Waals surface area contributed by atoms with E-state index in [9.17, 15) is 9.59 Å². The lowest BCUT2D eigenvalue weighted by Crippen LogP contribution is -2.46. The van der Waals surface area contributed by atoms with Crippen LogP contribution in [0.5, 0.6) is 5.88 Å². The summed E-state index contributed by atoms with van der Waals surface area (Å²) < 4.78 is 4.95. The summed E-state index contributed by atoms with van der Waals surface area (Å²) in [4.78, 5) is 29.1. The van der Waals surface area contributed by atoms with Gasteiger partial charge in [-0.3, -0.25) is 9.59 Å². The number of amides is 2. The Kier molecular flexibility index (Phi) is 4.55. The lowest BCUT2D eigenvalue weighted by atomic mass is 10.0. The van der Waals surface area contributed by atoms with E-state index in [1.54, 1.807) is 24.0 Å². The Morgan fingerprint density at radius 2 is 2.05 bits per heavy atom. The molecule has 0 aromatic carbocycles. The first-order valence-corrected chi connectivity index (χ1v) is 6.66. The summed E-state index contributed by atoms with van der Waals surface area (Å²) in [6.45, 7) is 2.96. The Balaban J connectivity index is 1.87. The van der Waals surface area contributed by atoms with Crippen molar-refractivity contribution in [3.8, 4) is 5.88 Å². The van der Waals surface area contributed by atoms with E-state index in [2.05, 4.69) is 10.3 Å². The van der Waals surface area contributed by atoms with E-state index in [0.29, 0.717) is 24.5 Å². The van der Waals surface area contributed by atoms with Gasteiger partial charge in [-0.15, -0.1) is 0 Å². The Hall–Kier alpha value is -2.11. The quantitative estimate of drug-likeness (QED) is 0.888. The van der Waals surface area contributed by atoms with Crippen molar-refractivity contribution in [1.29, 1.82) is 0 Å². The first-order valence-electron chi connectivity index (χ1n) is 6.66. The van der Waals surface area contributed by atoms with Gasteiger partial charge >= 0.3 is 0 Å². The van der Waals surface area contributed by atoms with Crippen molar-refractivity contribution >= 4 is 11.8 Å². The molecular formula is C14H19N3O3. The Morgan fingerprint density at radius 1 is 1.35 bits per heavy atom. The number of nitrogens with one attached hydrogen (secondary N) is 1. The summed E-state index contributed by atoms with van der Waals surface area (Å²) in [5.41, 5.74) is 0.514. The number of hydrogen-bond acceptors (Lipinski definition) is 4. The number of piperidine rings is 1. The number of rotatable bonds is 3. The number of nitrogens with zero attached hydrogens (tertiary/aromatic N) is 2. The zero-order chi connectivity index (χ0) is 14.5. The number of pyridine rings is 1. The van der Waals surface area contributed by atoms with Gasteiger partial charge in [-0.1, -0.05) is 0 Å². The highest BCUT2D eigenvalue weighted by molar-refractivity contribution is 5.94. The average Bonchev–Trinajstić information content (AvgIpc) is 2.48. The summed E-state index contributed by atoms with van der Waals surface area (Å²) in [7, 11) is 1.53. The maximum Gasteiger partial charge on any atom is 0.253 e. The van der Waals surface area contributed by atoms with Gasteiger partial charge in [0, 0.05) is 38.3 Å². The molecule has 1 aliphatic heterocycles. The molecule has 6 heteroatoms. The lowest BCUT2D eigenvalue weighted by Gasteiger charge is -2.31. The number of hydrogen-bond donors (Lipinski definition) is 1. The van der Waals surface area contributed by atoms with E-state index in [1.807, 2.05) is 0 Å². The first-order chi connectivity index (χ1) is 9.60. The Bertz CT molecular complexity index is 479. The molecule has 6 nitrogen and oxygen atoms in total. The van der Waals surface area contributed by atoms with Crippen LogP contribution in [0.1, 0.15) is 30.1 Å². The van der Waals surface area contributed by atoms with Crippen LogP contribution < -0.4 is 10.1 Å². The van der Waals surface area contributed by atoms with Gasteiger partial charge < -0.3 is 15.0 Å². The SMILES string of the molecule is COc1ccc(C(=O)NC2CCN(C(C)=O)CC2)cn1. The molecule has 0 unspecified atom stereocenters. The van der Waals surface area contributed by atoms with Gasteiger partial charge in [0.25, 0.3) is 5.91 Å². The minimum atomic E-state index is -0.138. The molecule has 0 atom stereocenters. The third-order valence-electron chi connectivity index (χ3n) is 3.48. The number of aromatic nitrogens is 1. The molecule has 2 rings (SSSR count). The zero-order valence-corrected chi connectivity index (χ0v) is 11.8. The smallest absolute Gasteiger partial charge is 0.253 e. The van der Waals surface area contributed by atoms with Gasteiger partial charge in [0.2, 0.25) is 11.8 Å². The Labute approximate surface area is 118 Å². The van der Waals surface area contributed by atoms with Gasteiger partial charge in [-0.25, -0.2) is 4.98 Å². The second-order valence-electron chi connectivity index (χ2n) is 4.84. The van der Waals surface area contributed by atoms with E-state index in [0.717, 1.165) is 12.8 Å². The van der Waals surface area contributed by atoms with E-state index in [-0.39, 0.29) is 17.9 Å². The van der Waals surface area contributed by atoms with Crippen molar-refractivity contribution in [3.63, 3.8) is 0 Å². The predicted molar refractivity (Wildman–Crippen MR) is 73.5 cm³/mol. The average molecular weight is 277 g/mol. The van der Waals surface area contributed by atoms with E-state index >= 15 is 0 Å². The van der Waals surface area contributed by atoms with Gasteiger partial charge in [0.1, 0.15) is 0 Å². The third-order valence-corrected chi connectivity index (χ3v) is 3.48. The number of carbonyl (C=O) groups excluding carboxylic acids is 2. The lowest BCUT2D eigenvalue weighted by molar-refractivity contribution is -0.129. The number of methoxy groups -OCH3 is 1. The molecule has 0 radical (unpaired) electrons. The first kappa shape index (κ1) is 14.3. The van der Waals surface area contributed by atoms with E-state index in [4.69, 9.17) is 4.74 Å². The van der Waals surface area contributed by atoms with Crippen LogP contribution in [-0.2, 0) is 4.79 Å². The molecule has 1 N–H and O–H groups in total. The van der Waals surface area contributed by atoms with Gasteiger partial charge in [0.15, 0.2) is 0 Å². The number of carbonyl (C=O) groups is 2. The molecular weight excluding hydrogens is 258 g/mol. The van der Waals surface area contributed by atoms with Crippen LogP contribution in [0.2, 0.25) is 0 Å². The van der Waals surface area contributed by atoms with Crippen molar-refractivity contribution < 1.29 is 14.3 Å². The minimum Gasteiger partial charge on any atom is -0.481 e. The fourth-order valence-corrected chi connectivity index (χ4v) is 2.24. The monoisotopic (exact) mass is 277 g/mol. The van der Waals surface area contributed by atoms with Crippen LogP contribution in [0.4, 0.5) is 0 Å². The van der Waals surface area contributed by atoms with Crippen LogP contribution in [0.15, 0.2) is 18.3 Å². The predicted octanol–water partition coefficient (Wildman–Crippen LogP) is 0.831. The van der Waals surface area contributed by atoms with Crippen LogP contribution in [0, 0.1) is 0 Å². The zero-order valence-electron chi connectivity index (χ0n) is 11.8. The van der Waals surface area contributed by atoms with Gasteiger partial charge in [-0.2, -0.15) is 0 Å². The molecule has 1 aromatic rings. The van der Waals surface area contributed by atoms with E-state index < -0.39 is 0 Å². The summed E-state index contributed by atoms with van der Waals surface area (Å²) in [6.07, 6.45) is 3.07. The molecule has 108 valence electrons. The van der Waals surface area contributed by atoms with E-state index in [1.165, 1.54) is 13.3 Å². The maximum atomic E-state index is 12.1. The second-order valence-corrected chi connectivity index (χ2v) is 4.84. The molecule has 1 saturated heterocycles. The topological polar surface area (TPSA) is 71.5 Å². The minimum absolute atomic E-state index is 0.0918. The highest BCUT2D eigenvalue weighted by atomic mass is 16.5. The molecule has 1 aromatic heterocycles. The summed E-state index contributed by atoms with van der Waals surface area (Å²) in [6, 6.07) is 3.46. The molecule has 2 amide bonds. The summed E-state index contributed by atoms with van der Waals surface area (Å²) >= 11 is 0. The molecule has 1 aliphatic rings. The molecule has 20 heavy (non-hydrogen) atoms. The number of ether oxygens (including phenoxy) is 1. The van der Waals surface area contributed by atoms with Gasteiger partial charge in [-0.05, 0) is 18.9 Å². The molecule has 0 spiro atoms.